The van der Waals surface area contributed by atoms with Gasteiger partial charge in [-0.1, -0.05) is 6.07 Å². The Morgan fingerprint density at radius 1 is 1.38 bits per heavy atom. The molecule has 1 aliphatic rings. The minimum Gasteiger partial charge on any atom is -0.497 e. The normalized spacial score (nSPS) is 18.0. The summed E-state index contributed by atoms with van der Waals surface area (Å²) in [7, 11) is 3.79. The van der Waals surface area contributed by atoms with Crippen molar-refractivity contribution < 1.29 is 14.2 Å². The predicted octanol–water partition coefficient (Wildman–Crippen LogP) is 2.12. The molecule has 6 heteroatoms. The van der Waals surface area contributed by atoms with Crippen LogP contribution in [0.15, 0.2) is 36.7 Å². The molecule has 3 rings (SSSR count). The lowest BCUT2D eigenvalue weighted by Crippen LogP contribution is -2.32. The maximum atomic E-state index is 5.68. The lowest BCUT2D eigenvalue weighted by atomic mass is 10.2. The maximum Gasteiger partial charge on any atom is 0.121 e. The molecule has 0 saturated carbocycles. The molecule has 0 aliphatic carbocycles. The quantitative estimate of drug-likeness (QED) is 0.778. The van der Waals surface area contributed by atoms with Crippen molar-refractivity contribution in [2.45, 2.75) is 19.1 Å². The Bertz CT molecular complexity index is 638. The highest BCUT2D eigenvalue weighted by molar-refractivity contribution is 5.38. The Hall–Kier alpha value is -1.89. The van der Waals surface area contributed by atoms with Gasteiger partial charge in [0.25, 0.3) is 0 Å². The highest BCUT2D eigenvalue weighted by atomic mass is 16.6. The molecular weight excluding hydrogens is 306 g/mol. The second kappa shape index (κ2) is 8.28. The van der Waals surface area contributed by atoms with Gasteiger partial charge in [-0.2, -0.15) is 5.10 Å². The Morgan fingerprint density at radius 3 is 3.08 bits per heavy atom. The molecule has 0 amide bonds. The van der Waals surface area contributed by atoms with E-state index in [0.29, 0.717) is 13.2 Å². The van der Waals surface area contributed by atoms with Gasteiger partial charge in [-0.15, -0.1) is 0 Å². The molecule has 0 bridgehead atoms. The van der Waals surface area contributed by atoms with Crippen LogP contribution in [0.1, 0.15) is 12.0 Å². The Morgan fingerprint density at radius 2 is 2.29 bits per heavy atom. The summed E-state index contributed by atoms with van der Waals surface area (Å²) >= 11 is 0. The van der Waals surface area contributed by atoms with Gasteiger partial charge in [-0.05, 0) is 25.6 Å². The Balaban J connectivity index is 1.53. The summed E-state index contributed by atoms with van der Waals surface area (Å²) in [5, 5.41) is 4.45. The lowest BCUT2D eigenvalue weighted by Gasteiger charge is -2.25. The van der Waals surface area contributed by atoms with Gasteiger partial charge in [0.1, 0.15) is 5.75 Å². The fourth-order valence-electron chi connectivity index (χ4n) is 2.79. The molecule has 2 heterocycles. The van der Waals surface area contributed by atoms with Crippen LogP contribution in [-0.2, 0) is 16.0 Å². The summed E-state index contributed by atoms with van der Waals surface area (Å²) in [6.07, 6.45) is 5.18. The van der Waals surface area contributed by atoms with Crippen LogP contribution in [0.25, 0.3) is 5.69 Å². The zero-order chi connectivity index (χ0) is 16.8. The van der Waals surface area contributed by atoms with E-state index in [9.17, 15) is 0 Å². The molecule has 130 valence electrons. The predicted molar refractivity (Wildman–Crippen MR) is 91.6 cm³/mol. The first kappa shape index (κ1) is 17.0. The van der Waals surface area contributed by atoms with E-state index in [2.05, 4.69) is 23.2 Å². The van der Waals surface area contributed by atoms with Gasteiger partial charge in [0, 0.05) is 30.9 Å². The van der Waals surface area contributed by atoms with Crippen molar-refractivity contribution >= 4 is 0 Å². The molecule has 6 nitrogen and oxygen atoms in total. The van der Waals surface area contributed by atoms with E-state index >= 15 is 0 Å². The number of aromatic nitrogens is 2. The van der Waals surface area contributed by atoms with Crippen LogP contribution in [0.4, 0.5) is 0 Å². The van der Waals surface area contributed by atoms with E-state index in [1.165, 1.54) is 5.56 Å². The zero-order valence-electron chi connectivity index (χ0n) is 14.4. The summed E-state index contributed by atoms with van der Waals surface area (Å²) in [6, 6.07) is 7.89. The summed E-state index contributed by atoms with van der Waals surface area (Å²) in [6.45, 7) is 3.97. The average Bonchev–Trinajstić information content (AvgIpc) is 3.09. The third kappa shape index (κ3) is 4.56. The van der Waals surface area contributed by atoms with Crippen LogP contribution in [-0.4, -0.2) is 61.3 Å². The SMILES string of the molecule is COc1cccc(-n2cc(CN(C)CCC3COCCO3)cn2)c1. The summed E-state index contributed by atoms with van der Waals surface area (Å²) in [4.78, 5) is 2.28. The molecule has 1 atom stereocenters. The third-order valence-electron chi connectivity index (χ3n) is 4.12. The van der Waals surface area contributed by atoms with Gasteiger partial charge in [-0.3, -0.25) is 0 Å². The number of methoxy groups -OCH3 is 1. The van der Waals surface area contributed by atoms with Crippen LogP contribution in [0.3, 0.4) is 0 Å². The minimum absolute atomic E-state index is 0.223. The van der Waals surface area contributed by atoms with Gasteiger partial charge < -0.3 is 19.1 Å². The monoisotopic (exact) mass is 331 g/mol. The zero-order valence-corrected chi connectivity index (χ0v) is 14.4. The maximum absolute atomic E-state index is 5.68. The molecule has 24 heavy (non-hydrogen) atoms. The number of nitrogens with zero attached hydrogens (tertiary/aromatic N) is 3. The molecule has 1 aromatic carbocycles. The number of hydrogen-bond acceptors (Lipinski definition) is 5. The molecule has 1 aliphatic heterocycles. The van der Waals surface area contributed by atoms with Gasteiger partial charge in [0.2, 0.25) is 0 Å². The molecule has 1 unspecified atom stereocenters. The van der Waals surface area contributed by atoms with Gasteiger partial charge in [0.15, 0.2) is 0 Å². The van der Waals surface area contributed by atoms with Crippen molar-refractivity contribution in [3.63, 3.8) is 0 Å². The molecule has 0 radical (unpaired) electrons. The number of hydrogen-bond donors (Lipinski definition) is 0. The molecular formula is C18H25N3O3. The van der Waals surface area contributed by atoms with Gasteiger partial charge >= 0.3 is 0 Å². The molecule has 1 fully saturated rings. The van der Waals surface area contributed by atoms with Crippen LogP contribution in [0.2, 0.25) is 0 Å². The smallest absolute Gasteiger partial charge is 0.121 e. The van der Waals surface area contributed by atoms with E-state index in [1.54, 1.807) is 7.11 Å². The van der Waals surface area contributed by atoms with Crippen molar-refractivity contribution in [3.05, 3.63) is 42.2 Å². The molecule has 0 spiro atoms. The fraction of sp³-hybridized carbons (Fsp3) is 0.500. The summed E-state index contributed by atoms with van der Waals surface area (Å²) in [5.74, 6) is 0.830. The van der Waals surface area contributed by atoms with Gasteiger partial charge in [0.05, 0.1) is 44.9 Å². The lowest BCUT2D eigenvalue weighted by molar-refractivity contribution is -0.0923. The van der Waals surface area contributed by atoms with Crippen molar-refractivity contribution in [2.75, 3.05) is 40.5 Å². The van der Waals surface area contributed by atoms with Crippen molar-refractivity contribution in [3.8, 4) is 11.4 Å². The first-order valence-corrected chi connectivity index (χ1v) is 8.30. The van der Waals surface area contributed by atoms with Crippen molar-refractivity contribution in [2.24, 2.45) is 0 Å². The standard InChI is InChI=1S/C18H25N3O3/c1-20(7-6-18-14-23-8-9-24-18)12-15-11-19-21(13-15)16-4-3-5-17(10-16)22-2/h3-5,10-11,13,18H,6-9,12,14H2,1-2H3. The molecule has 1 saturated heterocycles. The van der Waals surface area contributed by atoms with E-state index < -0.39 is 0 Å². The Kier molecular flexibility index (Phi) is 5.85. The molecule has 2 aromatic rings. The minimum atomic E-state index is 0.223. The largest absolute Gasteiger partial charge is 0.497 e. The number of ether oxygens (including phenoxy) is 3. The molecule has 1 aromatic heterocycles. The highest BCUT2D eigenvalue weighted by Gasteiger charge is 2.15. The van der Waals surface area contributed by atoms with Crippen molar-refractivity contribution in [1.29, 1.82) is 0 Å². The summed E-state index contributed by atoms with van der Waals surface area (Å²) in [5.41, 5.74) is 2.18. The highest BCUT2D eigenvalue weighted by Crippen LogP contribution is 2.16. The van der Waals surface area contributed by atoms with E-state index in [1.807, 2.05) is 35.1 Å². The van der Waals surface area contributed by atoms with Crippen molar-refractivity contribution in [1.82, 2.24) is 14.7 Å². The van der Waals surface area contributed by atoms with Crippen LogP contribution in [0.5, 0.6) is 5.75 Å². The van der Waals surface area contributed by atoms with E-state index in [-0.39, 0.29) is 6.10 Å². The second-order valence-electron chi connectivity index (χ2n) is 6.09. The second-order valence-corrected chi connectivity index (χ2v) is 6.09. The average molecular weight is 331 g/mol. The number of rotatable bonds is 7. The van der Waals surface area contributed by atoms with E-state index in [0.717, 1.165) is 37.6 Å². The van der Waals surface area contributed by atoms with Crippen LogP contribution in [0, 0.1) is 0 Å². The summed E-state index contributed by atoms with van der Waals surface area (Å²) < 4.78 is 18.3. The van der Waals surface area contributed by atoms with Gasteiger partial charge in [-0.25, -0.2) is 4.68 Å². The van der Waals surface area contributed by atoms with Crippen LogP contribution < -0.4 is 4.74 Å². The number of benzene rings is 1. The third-order valence-corrected chi connectivity index (χ3v) is 4.12. The Labute approximate surface area is 142 Å². The van der Waals surface area contributed by atoms with Crippen LogP contribution >= 0.6 is 0 Å². The first-order chi connectivity index (χ1) is 11.7. The fourth-order valence-corrected chi connectivity index (χ4v) is 2.79. The first-order valence-electron chi connectivity index (χ1n) is 8.30. The molecule has 0 N–H and O–H groups in total. The topological polar surface area (TPSA) is 48.8 Å². The van der Waals surface area contributed by atoms with E-state index in [4.69, 9.17) is 14.2 Å².